The van der Waals surface area contributed by atoms with Crippen LogP contribution in [0.1, 0.15) is 12.8 Å². The van der Waals surface area contributed by atoms with Gasteiger partial charge in [-0.15, -0.1) is 0 Å². The summed E-state index contributed by atoms with van der Waals surface area (Å²) < 4.78 is 0. The third-order valence-electron chi connectivity index (χ3n) is 3.75. The first-order valence-corrected chi connectivity index (χ1v) is 6.29. The lowest BCUT2D eigenvalue weighted by Crippen LogP contribution is -2.28. The standard InChI is InChI=1S/C15H10O6/c16-9-1-2-10(17)13-7(9)5-8-11(18)3-6(4-12(19)20)15(21)14(8)13/h1,3,5,13,16H,2,4H2,(H,19,20). The second-order valence-corrected chi connectivity index (χ2v) is 5.05. The maximum Gasteiger partial charge on any atom is 0.307 e. The molecule has 0 aromatic heterocycles. The minimum atomic E-state index is -1.23. The van der Waals surface area contributed by atoms with E-state index in [2.05, 4.69) is 0 Å². The van der Waals surface area contributed by atoms with Crippen LogP contribution in [0, 0.1) is 5.92 Å². The summed E-state index contributed by atoms with van der Waals surface area (Å²) in [7, 11) is 0. The zero-order valence-electron chi connectivity index (χ0n) is 10.8. The molecule has 0 heterocycles. The number of carbonyl (C=O) groups is 4. The molecule has 0 bridgehead atoms. The number of aliphatic carboxylic acids is 1. The van der Waals surface area contributed by atoms with Crippen molar-refractivity contribution in [3.63, 3.8) is 0 Å². The molecule has 0 saturated carbocycles. The monoisotopic (exact) mass is 286 g/mol. The Bertz CT molecular complexity index is 744. The van der Waals surface area contributed by atoms with E-state index >= 15 is 0 Å². The van der Waals surface area contributed by atoms with Gasteiger partial charge in [-0.25, -0.2) is 0 Å². The molecule has 21 heavy (non-hydrogen) atoms. The molecule has 3 rings (SSSR count). The smallest absolute Gasteiger partial charge is 0.307 e. The number of fused-ring (bicyclic) bond motifs is 2. The molecule has 0 radical (unpaired) electrons. The number of aliphatic hydroxyl groups excluding tert-OH is 1. The van der Waals surface area contributed by atoms with Gasteiger partial charge in [0.25, 0.3) is 0 Å². The fourth-order valence-corrected chi connectivity index (χ4v) is 2.84. The van der Waals surface area contributed by atoms with Crippen LogP contribution in [-0.4, -0.2) is 33.5 Å². The second-order valence-electron chi connectivity index (χ2n) is 5.05. The predicted molar refractivity (Wildman–Crippen MR) is 69.3 cm³/mol. The number of hydrogen-bond acceptors (Lipinski definition) is 5. The van der Waals surface area contributed by atoms with Crippen LogP contribution < -0.4 is 0 Å². The third kappa shape index (κ3) is 1.87. The molecule has 3 aliphatic rings. The molecule has 2 N–H and O–H groups in total. The summed E-state index contributed by atoms with van der Waals surface area (Å²) in [5.41, 5.74) is 0.174. The Morgan fingerprint density at radius 3 is 2.62 bits per heavy atom. The van der Waals surface area contributed by atoms with Gasteiger partial charge in [0.05, 0.1) is 12.3 Å². The first kappa shape index (κ1) is 13.2. The molecule has 6 heteroatoms. The predicted octanol–water partition coefficient (Wildman–Crippen LogP) is 0.807. The van der Waals surface area contributed by atoms with Crippen molar-refractivity contribution in [2.45, 2.75) is 12.8 Å². The van der Waals surface area contributed by atoms with E-state index in [1.54, 1.807) is 0 Å². The molecule has 0 aromatic rings. The lowest BCUT2D eigenvalue weighted by molar-refractivity contribution is -0.136. The van der Waals surface area contributed by atoms with E-state index in [0.717, 1.165) is 6.08 Å². The maximum atomic E-state index is 12.4. The Morgan fingerprint density at radius 1 is 1.24 bits per heavy atom. The Balaban J connectivity index is 2.07. The summed E-state index contributed by atoms with van der Waals surface area (Å²) in [4.78, 5) is 47.2. The van der Waals surface area contributed by atoms with E-state index in [-0.39, 0.29) is 40.3 Å². The van der Waals surface area contributed by atoms with Gasteiger partial charge >= 0.3 is 5.97 Å². The minimum absolute atomic E-state index is 0.00148. The molecule has 1 unspecified atom stereocenters. The molecule has 3 aliphatic carbocycles. The number of allylic oxidation sites excluding steroid dienone is 6. The Kier molecular flexibility index (Phi) is 2.76. The average molecular weight is 286 g/mol. The van der Waals surface area contributed by atoms with Crippen molar-refractivity contribution in [2.24, 2.45) is 5.92 Å². The SMILES string of the molecule is O=C(O)CC1=CC(=O)C2=C(C1=O)C1C(=O)CC=C(O)C1=C2. The van der Waals surface area contributed by atoms with E-state index < -0.39 is 29.9 Å². The van der Waals surface area contributed by atoms with Gasteiger partial charge < -0.3 is 10.2 Å². The van der Waals surface area contributed by atoms with Crippen LogP contribution in [0.2, 0.25) is 0 Å². The Hall–Kier alpha value is -2.76. The summed E-state index contributed by atoms with van der Waals surface area (Å²) in [5.74, 6) is -3.71. The molecule has 0 aromatic carbocycles. The largest absolute Gasteiger partial charge is 0.508 e. The summed E-state index contributed by atoms with van der Waals surface area (Å²) >= 11 is 0. The van der Waals surface area contributed by atoms with Crippen LogP contribution in [0.5, 0.6) is 0 Å². The van der Waals surface area contributed by atoms with Gasteiger partial charge in [-0.2, -0.15) is 0 Å². The number of aliphatic hydroxyl groups is 1. The molecule has 0 fully saturated rings. The average Bonchev–Trinajstić information content (AvgIpc) is 2.82. The number of ketones is 3. The van der Waals surface area contributed by atoms with Crippen LogP contribution >= 0.6 is 0 Å². The lowest BCUT2D eigenvalue weighted by atomic mass is 9.79. The molecular formula is C15H10O6. The van der Waals surface area contributed by atoms with Crippen molar-refractivity contribution < 1.29 is 29.4 Å². The van der Waals surface area contributed by atoms with Gasteiger partial charge in [0.2, 0.25) is 0 Å². The maximum absolute atomic E-state index is 12.4. The molecule has 106 valence electrons. The number of carboxylic acids is 1. The number of carbonyl (C=O) groups excluding carboxylic acids is 3. The van der Waals surface area contributed by atoms with Crippen molar-refractivity contribution >= 4 is 23.3 Å². The first-order chi connectivity index (χ1) is 9.90. The van der Waals surface area contributed by atoms with E-state index in [9.17, 15) is 24.3 Å². The quantitative estimate of drug-likeness (QED) is 0.727. The van der Waals surface area contributed by atoms with E-state index in [1.165, 1.54) is 12.2 Å². The van der Waals surface area contributed by atoms with E-state index in [1.807, 2.05) is 0 Å². The van der Waals surface area contributed by atoms with Crippen LogP contribution in [-0.2, 0) is 19.2 Å². The highest BCUT2D eigenvalue weighted by Crippen LogP contribution is 2.43. The van der Waals surface area contributed by atoms with Crippen molar-refractivity contribution in [1.29, 1.82) is 0 Å². The summed E-state index contributed by atoms with van der Waals surface area (Å²) in [6.07, 6.45) is 3.08. The van der Waals surface area contributed by atoms with Gasteiger partial charge in [-0.1, -0.05) is 0 Å². The zero-order chi connectivity index (χ0) is 15.3. The van der Waals surface area contributed by atoms with Crippen molar-refractivity contribution in [2.75, 3.05) is 0 Å². The first-order valence-electron chi connectivity index (χ1n) is 6.29. The van der Waals surface area contributed by atoms with Crippen LogP contribution in [0.25, 0.3) is 0 Å². The van der Waals surface area contributed by atoms with Crippen LogP contribution in [0.4, 0.5) is 0 Å². The van der Waals surface area contributed by atoms with Crippen molar-refractivity contribution in [1.82, 2.24) is 0 Å². The highest BCUT2D eigenvalue weighted by Gasteiger charge is 2.44. The highest BCUT2D eigenvalue weighted by molar-refractivity contribution is 6.28. The second kappa shape index (κ2) is 4.37. The van der Waals surface area contributed by atoms with E-state index in [0.29, 0.717) is 0 Å². The van der Waals surface area contributed by atoms with Gasteiger partial charge in [0, 0.05) is 28.7 Å². The molecular weight excluding hydrogens is 276 g/mol. The van der Waals surface area contributed by atoms with E-state index in [4.69, 9.17) is 5.11 Å². The Morgan fingerprint density at radius 2 is 1.95 bits per heavy atom. The number of rotatable bonds is 2. The van der Waals surface area contributed by atoms with Gasteiger partial charge in [0.1, 0.15) is 11.5 Å². The molecule has 0 spiro atoms. The van der Waals surface area contributed by atoms with Gasteiger partial charge in [-0.05, 0) is 18.2 Å². The summed E-state index contributed by atoms with van der Waals surface area (Å²) in [6.45, 7) is 0. The zero-order valence-corrected chi connectivity index (χ0v) is 10.8. The number of hydrogen-bond donors (Lipinski definition) is 2. The third-order valence-corrected chi connectivity index (χ3v) is 3.75. The normalized spacial score (nSPS) is 24.3. The fraction of sp³-hybridized carbons (Fsp3) is 0.200. The van der Waals surface area contributed by atoms with Gasteiger partial charge in [0.15, 0.2) is 11.6 Å². The minimum Gasteiger partial charge on any atom is -0.508 e. The number of carboxylic acid groups (broad SMARTS) is 1. The molecule has 0 aliphatic heterocycles. The number of Topliss-reactive ketones (excluding diaryl/α,β-unsaturated/α-hetero) is 2. The Labute approximate surface area is 118 Å². The van der Waals surface area contributed by atoms with Crippen molar-refractivity contribution in [3.8, 4) is 0 Å². The summed E-state index contributed by atoms with van der Waals surface area (Å²) in [6, 6.07) is 0. The molecule has 6 nitrogen and oxygen atoms in total. The van der Waals surface area contributed by atoms with Crippen LogP contribution in [0.15, 0.2) is 46.3 Å². The van der Waals surface area contributed by atoms with Crippen LogP contribution in [0.3, 0.4) is 0 Å². The molecule has 0 amide bonds. The highest BCUT2D eigenvalue weighted by atomic mass is 16.4. The lowest BCUT2D eigenvalue weighted by Gasteiger charge is -2.22. The molecule has 0 saturated heterocycles. The van der Waals surface area contributed by atoms with Crippen molar-refractivity contribution in [3.05, 3.63) is 46.3 Å². The van der Waals surface area contributed by atoms with Gasteiger partial charge in [-0.3, -0.25) is 19.2 Å². The topological polar surface area (TPSA) is 109 Å². The summed E-state index contributed by atoms with van der Waals surface area (Å²) in [5, 5.41) is 18.6. The fourth-order valence-electron chi connectivity index (χ4n) is 2.84. The molecule has 1 atom stereocenters.